The van der Waals surface area contributed by atoms with Crippen molar-refractivity contribution < 1.29 is 14.1 Å². The monoisotopic (exact) mass is 426 g/mol. The first-order chi connectivity index (χ1) is 14.5. The maximum atomic E-state index is 12.4. The summed E-state index contributed by atoms with van der Waals surface area (Å²) in [6, 6.07) is 16.8. The summed E-state index contributed by atoms with van der Waals surface area (Å²) >= 11 is 5.87. The summed E-state index contributed by atoms with van der Waals surface area (Å²) < 4.78 is 5.20. The van der Waals surface area contributed by atoms with Crippen LogP contribution in [0.4, 0.5) is 0 Å². The minimum Gasteiger partial charge on any atom is -0.347 e. The molecule has 0 fully saturated rings. The number of nitrogens with one attached hydrogen (secondary N) is 1. The van der Waals surface area contributed by atoms with Gasteiger partial charge < -0.3 is 14.7 Å². The van der Waals surface area contributed by atoms with Gasteiger partial charge in [0.25, 0.3) is 0 Å². The molecule has 0 saturated carbocycles. The van der Waals surface area contributed by atoms with Gasteiger partial charge >= 0.3 is 0 Å². The summed E-state index contributed by atoms with van der Waals surface area (Å²) in [6.45, 7) is 2.95. The fraction of sp³-hybridized carbons (Fsp3) is 0.273. The minimum atomic E-state index is -0.245. The highest BCUT2D eigenvalue weighted by Gasteiger charge is 2.15. The smallest absolute Gasteiger partial charge is 0.242 e. The second kappa shape index (κ2) is 10.5. The van der Waals surface area contributed by atoms with Crippen molar-refractivity contribution in [2.75, 3.05) is 13.1 Å². The fourth-order valence-electron chi connectivity index (χ4n) is 2.85. The van der Waals surface area contributed by atoms with Gasteiger partial charge in [0.1, 0.15) is 0 Å². The second-order valence-corrected chi connectivity index (χ2v) is 7.13. The van der Waals surface area contributed by atoms with Gasteiger partial charge in [0.2, 0.25) is 23.5 Å². The third-order valence-electron chi connectivity index (χ3n) is 4.52. The van der Waals surface area contributed by atoms with Crippen LogP contribution in [0.15, 0.2) is 59.1 Å². The molecule has 0 aliphatic carbocycles. The lowest BCUT2D eigenvalue weighted by molar-refractivity contribution is -0.133. The number of amides is 2. The summed E-state index contributed by atoms with van der Waals surface area (Å²) in [5.41, 5.74) is 1.83. The van der Waals surface area contributed by atoms with Gasteiger partial charge in [-0.3, -0.25) is 9.59 Å². The quantitative estimate of drug-likeness (QED) is 0.565. The van der Waals surface area contributed by atoms with E-state index in [4.69, 9.17) is 16.1 Å². The maximum absolute atomic E-state index is 12.4. The van der Waals surface area contributed by atoms with Gasteiger partial charge in [0, 0.05) is 36.5 Å². The molecule has 0 aliphatic rings. The fourth-order valence-corrected chi connectivity index (χ4v) is 2.97. The first kappa shape index (κ1) is 21.5. The van der Waals surface area contributed by atoms with Crippen LogP contribution in [0.2, 0.25) is 5.02 Å². The molecule has 0 bridgehead atoms. The lowest BCUT2D eigenvalue weighted by atomic mass is 10.2. The Kier molecular flexibility index (Phi) is 7.57. The van der Waals surface area contributed by atoms with E-state index in [0.29, 0.717) is 36.2 Å². The number of likely N-dealkylation sites (N-methyl/N-ethyl adjacent to an activating group) is 1. The molecular weight excluding hydrogens is 404 g/mol. The number of aryl methyl sites for hydroxylation is 1. The predicted molar refractivity (Wildman–Crippen MR) is 114 cm³/mol. The number of carbonyl (C=O) groups is 2. The highest BCUT2D eigenvalue weighted by molar-refractivity contribution is 6.30. The number of carbonyl (C=O) groups excluding carboxylic acids is 2. The minimum absolute atomic E-state index is 0.0423. The van der Waals surface area contributed by atoms with Gasteiger partial charge in [-0.25, -0.2) is 0 Å². The highest BCUT2D eigenvalue weighted by atomic mass is 35.5. The van der Waals surface area contributed by atoms with Crippen molar-refractivity contribution >= 4 is 23.4 Å². The van der Waals surface area contributed by atoms with Crippen LogP contribution in [0.1, 0.15) is 24.8 Å². The summed E-state index contributed by atoms with van der Waals surface area (Å²) in [6.07, 6.45) is 0.447. The van der Waals surface area contributed by atoms with Crippen molar-refractivity contribution in [2.24, 2.45) is 0 Å². The summed E-state index contributed by atoms with van der Waals surface area (Å²) in [5, 5.41) is 7.21. The summed E-state index contributed by atoms with van der Waals surface area (Å²) in [5.74, 6) is 0.431. The zero-order valence-corrected chi connectivity index (χ0v) is 17.4. The molecule has 0 spiro atoms. The van der Waals surface area contributed by atoms with Gasteiger partial charge in [-0.1, -0.05) is 47.1 Å². The van der Waals surface area contributed by atoms with Crippen LogP contribution in [-0.2, 0) is 22.6 Å². The van der Waals surface area contributed by atoms with Crippen LogP contribution in [0.5, 0.6) is 0 Å². The van der Waals surface area contributed by atoms with Gasteiger partial charge in [-0.05, 0) is 36.8 Å². The van der Waals surface area contributed by atoms with Crippen LogP contribution in [0.25, 0.3) is 11.4 Å². The molecule has 8 heteroatoms. The Hall–Kier alpha value is -3.19. The average Bonchev–Trinajstić information content (AvgIpc) is 3.24. The number of rotatable bonds is 9. The Balaban J connectivity index is 1.44. The van der Waals surface area contributed by atoms with Gasteiger partial charge in [-0.2, -0.15) is 4.98 Å². The van der Waals surface area contributed by atoms with E-state index in [-0.39, 0.29) is 24.8 Å². The van der Waals surface area contributed by atoms with Crippen molar-refractivity contribution in [3.63, 3.8) is 0 Å². The van der Waals surface area contributed by atoms with Crippen molar-refractivity contribution in [1.29, 1.82) is 0 Å². The second-order valence-electron chi connectivity index (χ2n) is 6.69. The van der Waals surface area contributed by atoms with E-state index in [1.807, 2.05) is 37.3 Å². The molecule has 3 aromatic rings. The molecule has 156 valence electrons. The van der Waals surface area contributed by atoms with Crippen molar-refractivity contribution in [1.82, 2.24) is 20.4 Å². The Labute approximate surface area is 180 Å². The Bertz CT molecular complexity index is 974. The lowest BCUT2D eigenvalue weighted by Crippen LogP contribution is -2.39. The zero-order chi connectivity index (χ0) is 21.3. The maximum Gasteiger partial charge on any atom is 0.242 e. The van der Waals surface area contributed by atoms with E-state index in [9.17, 15) is 9.59 Å². The summed E-state index contributed by atoms with van der Waals surface area (Å²) in [4.78, 5) is 30.5. The van der Waals surface area contributed by atoms with E-state index >= 15 is 0 Å². The molecule has 0 radical (unpaired) electrons. The van der Waals surface area contributed by atoms with Gasteiger partial charge in [-0.15, -0.1) is 0 Å². The van der Waals surface area contributed by atoms with E-state index in [1.54, 1.807) is 29.2 Å². The molecule has 30 heavy (non-hydrogen) atoms. The molecule has 1 N–H and O–H groups in total. The Morgan fingerprint density at radius 3 is 2.53 bits per heavy atom. The highest BCUT2D eigenvalue weighted by Crippen LogP contribution is 2.19. The van der Waals surface area contributed by atoms with E-state index < -0.39 is 0 Å². The molecule has 0 atom stereocenters. The summed E-state index contributed by atoms with van der Waals surface area (Å²) in [7, 11) is 0. The normalized spacial score (nSPS) is 10.6. The molecule has 1 aromatic heterocycles. The third-order valence-corrected chi connectivity index (χ3v) is 4.78. The van der Waals surface area contributed by atoms with Crippen LogP contribution >= 0.6 is 11.6 Å². The molecular formula is C22H23ClN4O3. The van der Waals surface area contributed by atoms with Crippen LogP contribution < -0.4 is 5.32 Å². The number of benzene rings is 2. The molecule has 0 aliphatic heterocycles. The van der Waals surface area contributed by atoms with Crippen molar-refractivity contribution in [2.45, 2.75) is 26.3 Å². The van der Waals surface area contributed by atoms with E-state index in [1.165, 1.54) is 0 Å². The molecule has 3 rings (SSSR count). The Morgan fingerprint density at radius 2 is 1.83 bits per heavy atom. The number of hydrogen-bond acceptors (Lipinski definition) is 5. The van der Waals surface area contributed by atoms with Crippen molar-refractivity contribution in [3.8, 4) is 11.4 Å². The number of halogens is 1. The third kappa shape index (κ3) is 6.15. The molecule has 2 aromatic carbocycles. The molecule has 7 nitrogen and oxygen atoms in total. The Morgan fingerprint density at radius 1 is 1.10 bits per heavy atom. The molecule has 1 heterocycles. The van der Waals surface area contributed by atoms with Crippen LogP contribution in [0.3, 0.4) is 0 Å². The first-order valence-corrected chi connectivity index (χ1v) is 10.1. The van der Waals surface area contributed by atoms with Crippen molar-refractivity contribution in [3.05, 3.63) is 71.1 Å². The van der Waals surface area contributed by atoms with Gasteiger partial charge in [0.15, 0.2) is 0 Å². The lowest BCUT2D eigenvalue weighted by Gasteiger charge is -2.21. The number of hydrogen-bond donors (Lipinski definition) is 1. The predicted octanol–water partition coefficient (Wildman–Crippen LogP) is 3.49. The van der Waals surface area contributed by atoms with E-state index in [0.717, 1.165) is 11.1 Å². The zero-order valence-electron chi connectivity index (χ0n) is 16.7. The number of aromatic nitrogens is 2. The average molecular weight is 427 g/mol. The molecule has 0 unspecified atom stereocenters. The topological polar surface area (TPSA) is 88.3 Å². The standard InChI is InChI=1S/C22H23ClN4O3/c1-2-27(15-16-6-4-3-5-7-16)21(29)14-24-19(28)12-13-20-25-22(26-30-20)17-8-10-18(23)11-9-17/h3-11H,2,12-15H2,1H3,(H,24,28). The van der Waals surface area contributed by atoms with Gasteiger partial charge in [0.05, 0.1) is 6.54 Å². The molecule has 2 amide bonds. The molecule has 0 saturated heterocycles. The largest absolute Gasteiger partial charge is 0.347 e. The van der Waals surface area contributed by atoms with Crippen LogP contribution in [-0.4, -0.2) is 39.9 Å². The SMILES string of the molecule is CCN(Cc1ccccc1)C(=O)CNC(=O)CCc1nc(-c2ccc(Cl)cc2)no1. The van der Waals surface area contributed by atoms with E-state index in [2.05, 4.69) is 15.5 Å². The first-order valence-electron chi connectivity index (χ1n) is 9.72. The number of nitrogens with zero attached hydrogens (tertiary/aromatic N) is 3. The van der Waals surface area contributed by atoms with Crippen LogP contribution in [0, 0.1) is 0 Å².